The second kappa shape index (κ2) is 4.79. The van der Waals surface area contributed by atoms with E-state index in [-0.39, 0.29) is 16.9 Å². The number of rotatable bonds is 2. The minimum Gasteiger partial charge on any atom is -0.388 e. The lowest BCUT2D eigenvalue weighted by atomic mass is 9.89. The first-order chi connectivity index (χ1) is 6.13. The first kappa shape index (κ1) is 13.4. The van der Waals surface area contributed by atoms with Crippen molar-refractivity contribution in [3.63, 3.8) is 0 Å². The minimum atomic E-state index is -0.382. The summed E-state index contributed by atoms with van der Waals surface area (Å²) in [6.07, 6.45) is 7.49. The van der Waals surface area contributed by atoms with Gasteiger partial charge < -0.3 is 5.11 Å². The molecule has 1 atom stereocenters. The molecule has 82 valence electrons. The van der Waals surface area contributed by atoms with Crippen molar-refractivity contribution < 1.29 is 5.11 Å². The van der Waals surface area contributed by atoms with E-state index in [0.717, 1.165) is 0 Å². The lowest BCUT2D eigenvalue weighted by molar-refractivity contribution is 0.105. The van der Waals surface area contributed by atoms with Crippen LogP contribution in [0.1, 0.15) is 41.5 Å². The molecular formula is C13H24O. The molecule has 1 heteroatoms. The molecule has 0 aliphatic rings. The Morgan fingerprint density at radius 2 is 1.43 bits per heavy atom. The molecular weight excluding hydrogens is 172 g/mol. The quantitative estimate of drug-likeness (QED) is 0.670. The van der Waals surface area contributed by atoms with E-state index in [2.05, 4.69) is 26.8 Å². The highest BCUT2D eigenvalue weighted by Crippen LogP contribution is 2.20. The Labute approximate surface area is 88.5 Å². The molecule has 0 aromatic heterocycles. The Morgan fingerprint density at radius 1 is 0.929 bits per heavy atom. The number of hydrogen-bond donors (Lipinski definition) is 1. The van der Waals surface area contributed by atoms with Gasteiger partial charge in [-0.3, -0.25) is 0 Å². The highest BCUT2D eigenvalue weighted by atomic mass is 16.3. The topological polar surface area (TPSA) is 20.2 Å². The molecule has 0 unspecified atom stereocenters. The molecule has 0 heterocycles. The average Bonchev–Trinajstić information content (AvgIpc) is 1.93. The Morgan fingerprint density at radius 3 is 1.79 bits per heavy atom. The summed E-state index contributed by atoms with van der Waals surface area (Å²) in [5, 5.41) is 9.69. The van der Waals surface area contributed by atoms with Crippen LogP contribution in [0.4, 0.5) is 0 Å². The number of allylic oxidation sites excluding steroid dienone is 3. The summed E-state index contributed by atoms with van der Waals surface area (Å²) in [5.74, 6) is 0. The van der Waals surface area contributed by atoms with E-state index >= 15 is 0 Å². The van der Waals surface area contributed by atoms with Crippen molar-refractivity contribution in [3.8, 4) is 0 Å². The van der Waals surface area contributed by atoms with Crippen LogP contribution in [0.15, 0.2) is 24.3 Å². The fraction of sp³-hybridized carbons (Fsp3) is 0.692. The van der Waals surface area contributed by atoms with Crippen LogP contribution in [-0.2, 0) is 0 Å². The first-order valence-electron chi connectivity index (χ1n) is 5.17. The van der Waals surface area contributed by atoms with Crippen LogP contribution in [0.5, 0.6) is 0 Å². The molecule has 0 fully saturated rings. The Hall–Kier alpha value is -0.560. The Bertz CT molecular complexity index is 210. The van der Waals surface area contributed by atoms with E-state index in [1.807, 2.05) is 39.0 Å². The number of aliphatic hydroxyl groups is 1. The van der Waals surface area contributed by atoms with Crippen LogP contribution >= 0.6 is 0 Å². The Balaban J connectivity index is 4.15. The van der Waals surface area contributed by atoms with E-state index in [1.54, 1.807) is 0 Å². The third-order valence-electron chi connectivity index (χ3n) is 1.89. The maximum atomic E-state index is 9.69. The van der Waals surface area contributed by atoms with Gasteiger partial charge in [-0.25, -0.2) is 0 Å². The van der Waals surface area contributed by atoms with Crippen molar-refractivity contribution in [2.45, 2.75) is 47.6 Å². The van der Waals surface area contributed by atoms with Gasteiger partial charge in [0.1, 0.15) is 0 Å². The third-order valence-corrected chi connectivity index (χ3v) is 1.89. The van der Waals surface area contributed by atoms with E-state index in [1.165, 1.54) is 0 Å². The summed E-state index contributed by atoms with van der Waals surface area (Å²) < 4.78 is 0. The van der Waals surface area contributed by atoms with Gasteiger partial charge in [0.05, 0.1) is 6.10 Å². The van der Waals surface area contributed by atoms with E-state index in [9.17, 15) is 5.11 Å². The predicted molar refractivity (Wildman–Crippen MR) is 63.2 cm³/mol. The van der Waals surface area contributed by atoms with Crippen molar-refractivity contribution >= 4 is 0 Å². The van der Waals surface area contributed by atoms with Gasteiger partial charge in [0, 0.05) is 0 Å². The van der Waals surface area contributed by atoms with Crippen LogP contribution < -0.4 is 0 Å². The SMILES string of the molecule is CC(C)(C)/C=C/C=C/[C@@H](O)C(C)(C)C. The fourth-order valence-electron chi connectivity index (χ4n) is 0.802. The summed E-state index contributed by atoms with van der Waals surface area (Å²) in [6, 6.07) is 0. The number of aliphatic hydroxyl groups excluding tert-OH is 1. The zero-order valence-corrected chi connectivity index (χ0v) is 10.3. The maximum Gasteiger partial charge on any atom is 0.0772 e. The molecule has 0 saturated heterocycles. The van der Waals surface area contributed by atoms with E-state index in [4.69, 9.17) is 0 Å². The van der Waals surface area contributed by atoms with E-state index < -0.39 is 0 Å². The third kappa shape index (κ3) is 6.90. The van der Waals surface area contributed by atoms with Crippen molar-refractivity contribution in [2.24, 2.45) is 10.8 Å². The van der Waals surface area contributed by atoms with Gasteiger partial charge in [0.25, 0.3) is 0 Å². The fourth-order valence-corrected chi connectivity index (χ4v) is 0.802. The van der Waals surface area contributed by atoms with Gasteiger partial charge in [-0.15, -0.1) is 0 Å². The summed E-state index contributed by atoms with van der Waals surface area (Å²) in [5.41, 5.74) is 0.128. The van der Waals surface area contributed by atoms with Gasteiger partial charge >= 0.3 is 0 Å². The van der Waals surface area contributed by atoms with Gasteiger partial charge in [-0.2, -0.15) is 0 Å². The standard InChI is InChI=1S/C13H24O/c1-12(2,3)10-8-7-9-11(14)13(4,5)6/h7-11,14H,1-6H3/b9-7+,10-8+/t11-/m1/s1. The molecule has 0 amide bonds. The average molecular weight is 196 g/mol. The first-order valence-corrected chi connectivity index (χ1v) is 5.17. The zero-order valence-electron chi connectivity index (χ0n) is 10.3. The zero-order chi connectivity index (χ0) is 11.4. The summed E-state index contributed by atoms with van der Waals surface area (Å²) in [6.45, 7) is 12.5. The molecule has 0 aromatic carbocycles. The van der Waals surface area contributed by atoms with Crippen molar-refractivity contribution in [2.75, 3.05) is 0 Å². The van der Waals surface area contributed by atoms with Gasteiger partial charge in [0.15, 0.2) is 0 Å². The van der Waals surface area contributed by atoms with Crippen molar-refractivity contribution in [1.29, 1.82) is 0 Å². The highest BCUT2D eigenvalue weighted by molar-refractivity contribution is 5.09. The van der Waals surface area contributed by atoms with E-state index in [0.29, 0.717) is 0 Å². The predicted octanol–water partition coefficient (Wildman–Crippen LogP) is 3.55. The highest BCUT2D eigenvalue weighted by Gasteiger charge is 2.18. The molecule has 14 heavy (non-hydrogen) atoms. The van der Waals surface area contributed by atoms with Crippen LogP contribution in [0.25, 0.3) is 0 Å². The van der Waals surface area contributed by atoms with Crippen molar-refractivity contribution in [1.82, 2.24) is 0 Å². The van der Waals surface area contributed by atoms with Gasteiger partial charge in [0.2, 0.25) is 0 Å². The minimum absolute atomic E-state index is 0.0773. The molecule has 0 rings (SSSR count). The molecule has 0 saturated carbocycles. The normalized spacial score (nSPS) is 16.8. The molecule has 0 radical (unpaired) electrons. The molecule has 0 bridgehead atoms. The van der Waals surface area contributed by atoms with Gasteiger partial charge in [-0.05, 0) is 10.8 Å². The molecule has 0 spiro atoms. The second-order valence-corrected chi connectivity index (χ2v) is 5.92. The molecule has 1 N–H and O–H groups in total. The second-order valence-electron chi connectivity index (χ2n) is 5.92. The molecule has 0 aromatic rings. The molecule has 0 aliphatic carbocycles. The summed E-state index contributed by atoms with van der Waals surface area (Å²) in [7, 11) is 0. The Kier molecular flexibility index (Phi) is 4.60. The van der Waals surface area contributed by atoms with Gasteiger partial charge in [-0.1, -0.05) is 65.8 Å². The lowest BCUT2D eigenvalue weighted by Gasteiger charge is -2.22. The lowest BCUT2D eigenvalue weighted by Crippen LogP contribution is -2.23. The van der Waals surface area contributed by atoms with Crippen molar-refractivity contribution in [3.05, 3.63) is 24.3 Å². The largest absolute Gasteiger partial charge is 0.388 e. The van der Waals surface area contributed by atoms with Crippen LogP contribution in [0.3, 0.4) is 0 Å². The molecule has 0 aliphatic heterocycles. The van der Waals surface area contributed by atoms with Crippen LogP contribution in [-0.4, -0.2) is 11.2 Å². The van der Waals surface area contributed by atoms with Crippen LogP contribution in [0, 0.1) is 10.8 Å². The van der Waals surface area contributed by atoms with Crippen LogP contribution in [0.2, 0.25) is 0 Å². The summed E-state index contributed by atoms with van der Waals surface area (Å²) in [4.78, 5) is 0. The molecule has 1 nitrogen and oxygen atoms in total. The maximum absolute atomic E-state index is 9.69. The monoisotopic (exact) mass is 196 g/mol. The smallest absolute Gasteiger partial charge is 0.0772 e. The summed E-state index contributed by atoms with van der Waals surface area (Å²) >= 11 is 0. The number of hydrogen-bond acceptors (Lipinski definition) is 1.